The van der Waals surface area contributed by atoms with Crippen molar-refractivity contribution in [1.82, 2.24) is 10.2 Å². The van der Waals surface area contributed by atoms with Gasteiger partial charge in [-0.25, -0.2) is 4.39 Å². The summed E-state index contributed by atoms with van der Waals surface area (Å²) in [6, 6.07) is 12.6. The second-order valence-corrected chi connectivity index (χ2v) is 6.38. The Bertz CT molecular complexity index is 850. The number of likely N-dealkylation sites (tertiary alicyclic amines) is 1. The summed E-state index contributed by atoms with van der Waals surface area (Å²) in [5.41, 5.74) is 1.05. The van der Waals surface area contributed by atoms with Crippen molar-refractivity contribution in [3.63, 3.8) is 0 Å². The Kier molecular flexibility index (Phi) is 5.58. The molecule has 0 aliphatic carbocycles. The lowest BCUT2D eigenvalue weighted by molar-refractivity contribution is 0.0792. The molecule has 0 radical (unpaired) electrons. The summed E-state index contributed by atoms with van der Waals surface area (Å²) in [4.78, 5) is 26.3. The molecule has 1 heterocycles. The summed E-state index contributed by atoms with van der Waals surface area (Å²) in [7, 11) is 0. The zero-order valence-electron chi connectivity index (χ0n) is 14.0. The number of hydrogen-bond donors (Lipinski definition) is 2. The van der Waals surface area contributed by atoms with Gasteiger partial charge in [0, 0.05) is 24.3 Å². The third-order valence-corrected chi connectivity index (χ3v) is 4.31. The van der Waals surface area contributed by atoms with Gasteiger partial charge in [-0.3, -0.25) is 14.9 Å². The monoisotopic (exact) mass is 371 g/mol. The molecule has 2 amide bonds. The number of carbonyl (C=O) groups is 2. The Morgan fingerprint density at radius 3 is 2.50 bits per heavy atom. The molecule has 7 heteroatoms. The molecule has 134 valence electrons. The average molecular weight is 371 g/mol. The third-order valence-electron chi connectivity index (χ3n) is 4.11. The fraction of sp³-hybridized carbons (Fsp3) is 0.211. The van der Waals surface area contributed by atoms with E-state index in [0.29, 0.717) is 11.3 Å². The number of anilines is 1. The van der Waals surface area contributed by atoms with Gasteiger partial charge in [-0.05, 0) is 55.4 Å². The molecule has 1 saturated heterocycles. The number of carbonyl (C=O) groups excluding carboxylic acids is 2. The lowest BCUT2D eigenvalue weighted by Crippen LogP contribution is -2.34. The number of rotatable bonds is 3. The van der Waals surface area contributed by atoms with Crippen LogP contribution in [-0.4, -0.2) is 34.9 Å². The molecule has 0 aromatic heterocycles. The van der Waals surface area contributed by atoms with Gasteiger partial charge in [-0.2, -0.15) is 0 Å². The molecular weight excluding hydrogens is 353 g/mol. The summed E-state index contributed by atoms with van der Waals surface area (Å²) < 4.78 is 13.6. The second kappa shape index (κ2) is 8.05. The lowest BCUT2D eigenvalue weighted by atomic mass is 10.2. The number of amides is 2. The Hall–Kier alpha value is -2.80. The molecule has 2 aromatic rings. The van der Waals surface area contributed by atoms with E-state index in [1.54, 1.807) is 30.3 Å². The third kappa shape index (κ3) is 4.23. The summed E-state index contributed by atoms with van der Waals surface area (Å²) in [6.07, 6.45) is 2.05. The highest BCUT2D eigenvalue weighted by atomic mass is 32.1. The van der Waals surface area contributed by atoms with Gasteiger partial charge in [0.25, 0.3) is 11.8 Å². The normalized spacial score (nSPS) is 13.3. The first-order valence-electron chi connectivity index (χ1n) is 8.31. The average Bonchev–Trinajstić information content (AvgIpc) is 3.16. The Balaban J connectivity index is 1.64. The lowest BCUT2D eigenvalue weighted by Gasteiger charge is -2.16. The minimum atomic E-state index is -0.634. The van der Waals surface area contributed by atoms with Gasteiger partial charge in [0.15, 0.2) is 5.11 Å². The number of nitrogens with zero attached hydrogens (tertiary/aromatic N) is 1. The molecule has 5 nitrogen and oxygen atoms in total. The predicted molar refractivity (Wildman–Crippen MR) is 102 cm³/mol. The van der Waals surface area contributed by atoms with Gasteiger partial charge in [0.1, 0.15) is 5.82 Å². The number of halogens is 1. The minimum Gasteiger partial charge on any atom is -0.339 e. The van der Waals surface area contributed by atoms with Gasteiger partial charge in [0.2, 0.25) is 0 Å². The Morgan fingerprint density at radius 2 is 1.77 bits per heavy atom. The second-order valence-electron chi connectivity index (χ2n) is 5.97. The molecule has 0 unspecified atom stereocenters. The largest absolute Gasteiger partial charge is 0.339 e. The van der Waals surface area contributed by atoms with Crippen molar-refractivity contribution in [2.24, 2.45) is 0 Å². The molecule has 0 bridgehead atoms. The van der Waals surface area contributed by atoms with E-state index < -0.39 is 11.7 Å². The van der Waals surface area contributed by atoms with Crippen molar-refractivity contribution in [2.45, 2.75) is 12.8 Å². The van der Waals surface area contributed by atoms with Crippen LogP contribution in [0, 0.1) is 5.82 Å². The molecular formula is C19H18FN3O2S. The minimum absolute atomic E-state index is 0.0209. The van der Waals surface area contributed by atoms with Crippen LogP contribution in [0.25, 0.3) is 0 Å². The van der Waals surface area contributed by atoms with E-state index in [4.69, 9.17) is 12.2 Å². The molecule has 1 aliphatic rings. The van der Waals surface area contributed by atoms with E-state index in [1.807, 2.05) is 4.90 Å². The molecule has 3 rings (SSSR count). The van der Waals surface area contributed by atoms with Crippen LogP contribution < -0.4 is 10.6 Å². The van der Waals surface area contributed by atoms with E-state index in [1.165, 1.54) is 18.2 Å². The van der Waals surface area contributed by atoms with Crippen molar-refractivity contribution < 1.29 is 14.0 Å². The van der Waals surface area contributed by atoms with Crippen LogP contribution in [0.4, 0.5) is 10.1 Å². The first-order valence-corrected chi connectivity index (χ1v) is 8.71. The Labute approximate surface area is 156 Å². The molecule has 0 spiro atoms. The molecule has 1 fully saturated rings. The quantitative estimate of drug-likeness (QED) is 0.814. The topological polar surface area (TPSA) is 61.4 Å². The molecule has 26 heavy (non-hydrogen) atoms. The predicted octanol–water partition coefficient (Wildman–Crippen LogP) is 3.19. The van der Waals surface area contributed by atoms with Crippen LogP contribution in [0.5, 0.6) is 0 Å². The summed E-state index contributed by atoms with van der Waals surface area (Å²) in [6.45, 7) is 1.54. The number of nitrogens with one attached hydrogen (secondary N) is 2. The Morgan fingerprint density at radius 1 is 1.04 bits per heavy atom. The van der Waals surface area contributed by atoms with Gasteiger partial charge in [-0.1, -0.05) is 18.2 Å². The van der Waals surface area contributed by atoms with Gasteiger partial charge < -0.3 is 10.2 Å². The summed E-state index contributed by atoms with van der Waals surface area (Å²) in [5, 5.41) is 5.32. The van der Waals surface area contributed by atoms with Crippen LogP contribution >= 0.6 is 12.2 Å². The van der Waals surface area contributed by atoms with E-state index in [2.05, 4.69) is 10.6 Å². The maximum Gasteiger partial charge on any atom is 0.260 e. The fourth-order valence-electron chi connectivity index (χ4n) is 2.81. The first kappa shape index (κ1) is 18.0. The smallest absolute Gasteiger partial charge is 0.260 e. The molecule has 0 saturated carbocycles. The fourth-order valence-corrected chi connectivity index (χ4v) is 3.02. The van der Waals surface area contributed by atoms with Crippen molar-refractivity contribution in [2.75, 3.05) is 18.4 Å². The number of benzene rings is 2. The highest BCUT2D eigenvalue weighted by Crippen LogP contribution is 2.16. The standard InChI is InChI=1S/C19H18FN3O2S/c20-16-9-2-1-8-15(16)17(24)22-19(26)21-14-7-5-6-13(12-14)18(25)23-10-3-4-11-23/h1-2,5-9,12H,3-4,10-11H2,(H2,21,22,24,26). The highest BCUT2D eigenvalue weighted by Gasteiger charge is 2.19. The van der Waals surface area contributed by atoms with E-state index in [-0.39, 0.29) is 16.6 Å². The summed E-state index contributed by atoms with van der Waals surface area (Å²) >= 11 is 5.11. The van der Waals surface area contributed by atoms with E-state index in [0.717, 1.165) is 25.9 Å². The zero-order chi connectivity index (χ0) is 18.5. The van der Waals surface area contributed by atoms with Crippen LogP contribution in [0.15, 0.2) is 48.5 Å². The number of hydrogen-bond acceptors (Lipinski definition) is 3. The molecule has 2 aromatic carbocycles. The van der Waals surface area contributed by atoms with Gasteiger partial charge in [0.05, 0.1) is 5.56 Å². The maximum absolute atomic E-state index is 13.6. The van der Waals surface area contributed by atoms with E-state index in [9.17, 15) is 14.0 Å². The van der Waals surface area contributed by atoms with Crippen molar-refractivity contribution in [3.8, 4) is 0 Å². The maximum atomic E-state index is 13.6. The van der Waals surface area contributed by atoms with Crippen molar-refractivity contribution in [3.05, 3.63) is 65.5 Å². The van der Waals surface area contributed by atoms with Crippen LogP contribution in [0.3, 0.4) is 0 Å². The van der Waals surface area contributed by atoms with Crippen molar-refractivity contribution in [1.29, 1.82) is 0 Å². The molecule has 1 aliphatic heterocycles. The molecule has 0 atom stereocenters. The van der Waals surface area contributed by atoms with E-state index >= 15 is 0 Å². The van der Waals surface area contributed by atoms with Gasteiger partial charge in [-0.15, -0.1) is 0 Å². The zero-order valence-corrected chi connectivity index (χ0v) is 14.8. The first-order chi connectivity index (χ1) is 12.5. The molecule has 2 N–H and O–H groups in total. The van der Waals surface area contributed by atoms with Crippen LogP contribution in [0.2, 0.25) is 0 Å². The number of thiocarbonyl (C=S) groups is 1. The van der Waals surface area contributed by atoms with Gasteiger partial charge >= 0.3 is 0 Å². The van der Waals surface area contributed by atoms with Crippen LogP contribution in [0.1, 0.15) is 33.6 Å². The van der Waals surface area contributed by atoms with Crippen molar-refractivity contribution >= 4 is 34.8 Å². The SMILES string of the molecule is O=C(NC(=S)Nc1cccc(C(=O)N2CCCC2)c1)c1ccccc1F. The highest BCUT2D eigenvalue weighted by molar-refractivity contribution is 7.80. The van der Waals surface area contributed by atoms with Crippen LogP contribution in [-0.2, 0) is 0 Å². The summed E-state index contributed by atoms with van der Waals surface area (Å²) in [5.74, 6) is -1.27.